The van der Waals surface area contributed by atoms with Crippen LogP contribution in [-0.4, -0.2) is 52.7 Å². The Labute approximate surface area is 163 Å². The smallest absolute Gasteiger partial charge is 0.243 e. The lowest BCUT2D eigenvalue weighted by Gasteiger charge is -2.20. The second-order valence-corrected chi connectivity index (χ2v) is 9.26. The van der Waals surface area contributed by atoms with E-state index in [9.17, 15) is 13.2 Å². The Morgan fingerprint density at radius 1 is 1.19 bits per heavy atom. The summed E-state index contributed by atoms with van der Waals surface area (Å²) < 4.78 is 27.1. The van der Waals surface area contributed by atoms with E-state index in [-0.39, 0.29) is 16.6 Å². The number of hydrogen-bond acceptors (Lipinski definition) is 6. The number of aryl methyl sites for hydroxylation is 1. The summed E-state index contributed by atoms with van der Waals surface area (Å²) in [6.45, 7) is 2.93. The van der Waals surface area contributed by atoms with Gasteiger partial charge in [0.1, 0.15) is 5.82 Å². The molecule has 0 spiro atoms. The Balaban J connectivity index is 1.58. The summed E-state index contributed by atoms with van der Waals surface area (Å²) in [6, 6.07) is 6.32. The lowest BCUT2D eigenvalue weighted by molar-refractivity contribution is -0.113. The summed E-state index contributed by atoms with van der Waals surface area (Å²) in [5.41, 5.74) is 0.557. The Morgan fingerprint density at radius 3 is 2.44 bits per heavy atom. The molecule has 1 aliphatic heterocycles. The maximum Gasteiger partial charge on any atom is 0.243 e. The largest absolute Gasteiger partial charge is 0.325 e. The molecule has 3 rings (SSSR count). The van der Waals surface area contributed by atoms with Crippen molar-refractivity contribution in [3.05, 3.63) is 30.1 Å². The average molecular weight is 410 g/mol. The number of aromatic amines is 1. The number of benzene rings is 1. The maximum atomic E-state index is 12.8. The number of nitrogens with one attached hydrogen (secondary N) is 2. The van der Waals surface area contributed by atoms with E-state index in [0.717, 1.165) is 25.7 Å². The van der Waals surface area contributed by atoms with Gasteiger partial charge in [-0.15, -0.1) is 5.10 Å². The first kappa shape index (κ1) is 19.8. The van der Waals surface area contributed by atoms with Gasteiger partial charge in [-0.05, 0) is 44.0 Å². The van der Waals surface area contributed by atoms with Crippen molar-refractivity contribution in [1.29, 1.82) is 0 Å². The van der Waals surface area contributed by atoms with Crippen LogP contribution in [0.1, 0.15) is 31.5 Å². The summed E-state index contributed by atoms with van der Waals surface area (Å²) in [5.74, 6) is 0.662. The van der Waals surface area contributed by atoms with Crippen LogP contribution in [0.2, 0.25) is 0 Å². The number of thioether (sulfide) groups is 1. The Hall–Kier alpha value is -1.91. The maximum absolute atomic E-state index is 12.8. The van der Waals surface area contributed by atoms with Gasteiger partial charge in [0.25, 0.3) is 0 Å². The molecular formula is C17H23N5O3S2. The molecule has 0 unspecified atom stereocenters. The number of sulfonamides is 1. The van der Waals surface area contributed by atoms with Crippen molar-refractivity contribution < 1.29 is 13.2 Å². The molecule has 1 fully saturated rings. The van der Waals surface area contributed by atoms with Crippen molar-refractivity contribution in [2.45, 2.75) is 42.7 Å². The van der Waals surface area contributed by atoms with Crippen LogP contribution in [0.25, 0.3) is 0 Å². The van der Waals surface area contributed by atoms with Gasteiger partial charge < -0.3 is 5.32 Å². The highest BCUT2D eigenvalue weighted by Gasteiger charge is 2.24. The highest BCUT2D eigenvalue weighted by atomic mass is 32.2. The molecule has 2 N–H and O–H groups in total. The summed E-state index contributed by atoms with van der Waals surface area (Å²) in [5, 5.41) is 9.95. The molecule has 1 aromatic heterocycles. The summed E-state index contributed by atoms with van der Waals surface area (Å²) >= 11 is 1.23. The summed E-state index contributed by atoms with van der Waals surface area (Å²) in [6.07, 6.45) is 3.94. The van der Waals surface area contributed by atoms with Crippen molar-refractivity contribution >= 4 is 33.4 Å². The Morgan fingerprint density at radius 2 is 1.85 bits per heavy atom. The van der Waals surface area contributed by atoms with Gasteiger partial charge in [-0.1, -0.05) is 24.6 Å². The van der Waals surface area contributed by atoms with Crippen LogP contribution < -0.4 is 5.32 Å². The number of anilines is 1. The third-order valence-electron chi connectivity index (χ3n) is 4.25. The molecule has 1 saturated heterocycles. The molecule has 2 aromatic rings. The predicted octanol–water partition coefficient (Wildman–Crippen LogP) is 2.41. The molecule has 0 atom stereocenters. The van der Waals surface area contributed by atoms with E-state index in [1.807, 2.05) is 0 Å². The van der Waals surface area contributed by atoms with Gasteiger partial charge in [0, 0.05) is 18.8 Å². The molecule has 146 valence electrons. The number of hydrogen-bond donors (Lipinski definition) is 2. The van der Waals surface area contributed by atoms with E-state index >= 15 is 0 Å². The number of aromatic nitrogens is 3. The number of H-pyrrole nitrogens is 1. The van der Waals surface area contributed by atoms with Crippen LogP contribution >= 0.6 is 11.8 Å². The molecule has 10 heteroatoms. The predicted molar refractivity (Wildman–Crippen MR) is 104 cm³/mol. The van der Waals surface area contributed by atoms with Gasteiger partial charge in [-0.25, -0.2) is 13.4 Å². The van der Waals surface area contributed by atoms with Gasteiger partial charge in [-0.3, -0.25) is 9.89 Å². The van der Waals surface area contributed by atoms with Gasteiger partial charge in [0.2, 0.25) is 21.1 Å². The minimum absolute atomic E-state index is 0.172. The summed E-state index contributed by atoms with van der Waals surface area (Å²) in [4.78, 5) is 16.4. The molecular weight excluding hydrogens is 386 g/mol. The number of carbonyl (C=O) groups is 1. The first-order valence-corrected chi connectivity index (χ1v) is 11.3. The van der Waals surface area contributed by atoms with E-state index in [0.29, 0.717) is 29.8 Å². The zero-order valence-electron chi connectivity index (χ0n) is 15.1. The fraction of sp³-hybridized carbons (Fsp3) is 0.471. The van der Waals surface area contributed by atoms with Crippen molar-refractivity contribution in [3.63, 3.8) is 0 Å². The number of nitrogens with zero attached hydrogens (tertiary/aromatic N) is 3. The normalized spacial score (nSPS) is 16.0. The molecule has 8 nitrogen and oxygen atoms in total. The van der Waals surface area contributed by atoms with Crippen molar-refractivity contribution in [1.82, 2.24) is 19.5 Å². The molecule has 1 aliphatic rings. The topological polar surface area (TPSA) is 108 Å². The highest BCUT2D eigenvalue weighted by molar-refractivity contribution is 7.99. The summed E-state index contributed by atoms with van der Waals surface area (Å²) in [7, 11) is -3.48. The first-order valence-electron chi connectivity index (χ1n) is 8.87. The van der Waals surface area contributed by atoms with Crippen LogP contribution in [0.5, 0.6) is 0 Å². The number of rotatable bonds is 6. The third kappa shape index (κ3) is 5.30. The van der Waals surface area contributed by atoms with Gasteiger partial charge in [0.05, 0.1) is 10.6 Å². The SMILES string of the molecule is Cc1nc(SCC(=O)Nc2ccc(S(=O)(=O)N3CCCCCC3)cc2)n[nH]1. The van der Waals surface area contributed by atoms with Crippen LogP contribution in [0, 0.1) is 6.92 Å². The number of amides is 1. The van der Waals surface area contributed by atoms with Crippen LogP contribution in [-0.2, 0) is 14.8 Å². The standard InChI is InChI=1S/C17H23N5O3S2/c1-13-18-17(21-20-13)26-12-16(23)19-14-6-8-15(9-7-14)27(24,25)22-10-4-2-3-5-11-22/h6-9H,2-5,10-12H2,1H3,(H,19,23)(H,18,20,21). The second kappa shape index (κ2) is 8.85. The van der Waals surface area contributed by atoms with Crippen LogP contribution in [0.3, 0.4) is 0 Å². The fourth-order valence-corrected chi connectivity index (χ4v) is 5.02. The van der Waals surface area contributed by atoms with E-state index in [2.05, 4.69) is 20.5 Å². The average Bonchev–Trinajstić information content (AvgIpc) is 2.89. The van der Waals surface area contributed by atoms with E-state index in [1.165, 1.54) is 11.8 Å². The zero-order valence-corrected chi connectivity index (χ0v) is 16.8. The molecule has 0 saturated carbocycles. The van der Waals surface area contributed by atoms with Crippen molar-refractivity contribution in [2.24, 2.45) is 0 Å². The fourth-order valence-electron chi connectivity index (χ4n) is 2.86. The quantitative estimate of drug-likeness (QED) is 0.710. The van der Waals surface area contributed by atoms with E-state index in [1.54, 1.807) is 35.5 Å². The molecule has 1 aromatic carbocycles. The number of carbonyl (C=O) groups excluding carboxylic acids is 1. The van der Waals surface area contributed by atoms with Crippen molar-refractivity contribution in [2.75, 3.05) is 24.2 Å². The minimum atomic E-state index is -3.48. The van der Waals surface area contributed by atoms with Gasteiger partial charge >= 0.3 is 0 Å². The Kier molecular flexibility index (Phi) is 6.51. The van der Waals surface area contributed by atoms with Crippen LogP contribution in [0.15, 0.2) is 34.3 Å². The highest BCUT2D eigenvalue weighted by Crippen LogP contribution is 2.22. The van der Waals surface area contributed by atoms with E-state index in [4.69, 9.17) is 0 Å². The van der Waals surface area contributed by atoms with Gasteiger partial charge in [-0.2, -0.15) is 4.31 Å². The van der Waals surface area contributed by atoms with Crippen LogP contribution in [0.4, 0.5) is 5.69 Å². The lowest BCUT2D eigenvalue weighted by atomic mass is 10.2. The molecule has 2 heterocycles. The van der Waals surface area contributed by atoms with Gasteiger partial charge in [0.15, 0.2) is 0 Å². The Bertz CT molecular complexity index is 872. The van der Waals surface area contributed by atoms with E-state index < -0.39 is 10.0 Å². The molecule has 1 amide bonds. The molecule has 0 bridgehead atoms. The molecule has 27 heavy (non-hydrogen) atoms. The monoisotopic (exact) mass is 409 g/mol. The first-order chi connectivity index (χ1) is 12.9. The van der Waals surface area contributed by atoms with Crippen molar-refractivity contribution in [3.8, 4) is 0 Å². The molecule has 0 radical (unpaired) electrons. The second-order valence-electron chi connectivity index (χ2n) is 6.38. The zero-order chi connectivity index (χ0) is 19.3. The minimum Gasteiger partial charge on any atom is -0.325 e. The third-order valence-corrected chi connectivity index (χ3v) is 7.01. The lowest BCUT2D eigenvalue weighted by Crippen LogP contribution is -2.31. The molecule has 0 aliphatic carbocycles.